The number of nitrogens with zero attached hydrogens (tertiary/aromatic N) is 3. The van der Waals surface area contributed by atoms with Crippen molar-refractivity contribution >= 4 is 12.0 Å². The topological polar surface area (TPSA) is 96.4 Å². The number of hydrazine groups is 1. The summed E-state index contributed by atoms with van der Waals surface area (Å²) in [5, 5.41) is 20.3. The molecule has 2 fully saturated rings. The second kappa shape index (κ2) is 5.72. The second-order valence-corrected chi connectivity index (χ2v) is 5.10. The standard InChI is InChI=1S/C11H20N4O4/c1-13-2-4-14(5-3-13)12-11(19)15-7-8(16)6-9(15)10(17)18/h8-9,16H,2-7H2,1H3,(H,12,19)(H,17,18)/t8-,9-/m0/s1. The number of likely N-dealkylation sites (N-methyl/N-ethyl adjacent to an activating group) is 1. The maximum absolute atomic E-state index is 12.0. The fraction of sp³-hybridized carbons (Fsp3) is 0.818. The highest BCUT2D eigenvalue weighted by Crippen LogP contribution is 2.18. The Kier molecular flexibility index (Phi) is 4.23. The molecule has 0 aromatic heterocycles. The summed E-state index contributed by atoms with van der Waals surface area (Å²) < 4.78 is 0. The summed E-state index contributed by atoms with van der Waals surface area (Å²) in [6, 6.07) is -1.39. The first-order chi connectivity index (χ1) is 8.97. The van der Waals surface area contributed by atoms with Gasteiger partial charge in [-0.15, -0.1) is 0 Å². The number of hydrogen-bond acceptors (Lipinski definition) is 5. The third-order valence-electron chi connectivity index (χ3n) is 3.58. The number of aliphatic hydroxyl groups excluding tert-OH is 1. The molecule has 2 rings (SSSR count). The van der Waals surface area contributed by atoms with Gasteiger partial charge in [-0.2, -0.15) is 0 Å². The molecule has 2 saturated heterocycles. The number of carbonyl (C=O) groups excluding carboxylic acids is 1. The van der Waals surface area contributed by atoms with Gasteiger partial charge in [0.15, 0.2) is 0 Å². The summed E-state index contributed by atoms with van der Waals surface area (Å²) in [4.78, 5) is 26.4. The fourth-order valence-corrected chi connectivity index (χ4v) is 2.39. The van der Waals surface area contributed by atoms with Crippen LogP contribution in [0.4, 0.5) is 4.79 Å². The zero-order chi connectivity index (χ0) is 14.0. The van der Waals surface area contributed by atoms with Crippen LogP contribution in [0.1, 0.15) is 6.42 Å². The highest BCUT2D eigenvalue weighted by Gasteiger charge is 2.39. The number of urea groups is 1. The zero-order valence-electron chi connectivity index (χ0n) is 10.9. The highest BCUT2D eigenvalue weighted by molar-refractivity contribution is 5.83. The molecular weight excluding hydrogens is 252 g/mol. The van der Waals surface area contributed by atoms with Gasteiger partial charge in [-0.05, 0) is 7.05 Å². The van der Waals surface area contributed by atoms with Crippen molar-refractivity contribution in [2.75, 3.05) is 39.8 Å². The summed E-state index contributed by atoms with van der Waals surface area (Å²) in [5.41, 5.74) is 2.71. The third-order valence-corrected chi connectivity index (χ3v) is 3.58. The molecular formula is C11H20N4O4. The van der Waals surface area contributed by atoms with E-state index in [0.717, 1.165) is 13.1 Å². The Labute approximate surface area is 111 Å². The third kappa shape index (κ3) is 3.34. The number of carbonyl (C=O) groups is 2. The Balaban J connectivity index is 1.90. The zero-order valence-corrected chi connectivity index (χ0v) is 10.9. The molecule has 2 aliphatic rings. The van der Waals surface area contributed by atoms with E-state index in [1.165, 1.54) is 4.90 Å². The van der Waals surface area contributed by atoms with Gasteiger partial charge >= 0.3 is 12.0 Å². The molecule has 0 bridgehead atoms. The first kappa shape index (κ1) is 14.0. The minimum Gasteiger partial charge on any atom is -0.480 e. The summed E-state index contributed by atoms with van der Waals surface area (Å²) in [7, 11) is 2.01. The molecule has 19 heavy (non-hydrogen) atoms. The van der Waals surface area contributed by atoms with E-state index in [4.69, 9.17) is 5.11 Å². The molecule has 2 amide bonds. The van der Waals surface area contributed by atoms with E-state index < -0.39 is 24.1 Å². The fourth-order valence-electron chi connectivity index (χ4n) is 2.39. The number of aliphatic carboxylic acids is 1. The van der Waals surface area contributed by atoms with Crippen molar-refractivity contribution in [3.63, 3.8) is 0 Å². The smallest absolute Gasteiger partial charge is 0.332 e. The lowest BCUT2D eigenvalue weighted by molar-refractivity contribution is -0.141. The molecule has 0 spiro atoms. The normalized spacial score (nSPS) is 29.5. The quantitative estimate of drug-likeness (QED) is 0.559. The Morgan fingerprint density at radius 2 is 1.84 bits per heavy atom. The van der Waals surface area contributed by atoms with Crippen LogP contribution in [0.5, 0.6) is 0 Å². The number of amides is 2. The summed E-state index contributed by atoms with van der Waals surface area (Å²) >= 11 is 0. The van der Waals surface area contributed by atoms with Gasteiger partial charge in [0.25, 0.3) is 0 Å². The molecule has 0 aromatic carbocycles. The van der Waals surface area contributed by atoms with Crippen molar-refractivity contribution in [2.24, 2.45) is 0 Å². The number of likely N-dealkylation sites (tertiary alicyclic amines) is 1. The molecule has 108 valence electrons. The van der Waals surface area contributed by atoms with Crippen molar-refractivity contribution in [3.8, 4) is 0 Å². The average molecular weight is 272 g/mol. The van der Waals surface area contributed by atoms with E-state index >= 15 is 0 Å². The number of hydrogen-bond donors (Lipinski definition) is 3. The summed E-state index contributed by atoms with van der Waals surface area (Å²) in [6.45, 7) is 3.18. The van der Waals surface area contributed by atoms with Gasteiger partial charge in [0.1, 0.15) is 6.04 Å². The molecule has 2 atom stereocenters. The van der Waals surface area contributed by atoms with Gasteiger partial charge in [0, 0.05) is 39.1 Å². The van der Waals surface area contributed by atoms with Crippen LogP contribution in [0.25, 0.3) is 0 Å². The molecule has 0 unspecified atom stereocenters. The van der Waals surface area contributed by atoms with Crippen molar-refractivity contribution in [2.45, 2.75) is 18.6 Å². The van der Waals surface area contributed by atoms with E-state index in [2.05, 4.69) is 10.3 Å². The number of piperazine rings is 1. The van der Waals surface area contributed by atoms with Gasteiger partial charge < -0.3 is 20.0 Å². The number of rotatable bonds is 2. The summed E-state index contributed by atoms with van der Waals surface area (Å²) in [5.74, 6) is -1.08. The van der Waals surface area contributed by atoms with Gasteiger partial charge in [-0.1, -0.05) is 0 Å². The van der Waals surface area contributed by atoms with Crippen LogP contribution in [0.15, 0.2) is 0 Å². The predicted molar refractivity (Wildman–Crippen MR) is 66.4 cm³/mol. The lowest BCUT2D eigenvalue weighted by Gasteiger charge is -2.34. The number of β-amino-alcohol motifs (C(OH)–C–C–N with tert-alkyl or cyclic N) is 1. The van der Waals surface area contributed by atoms with Crippen molar-refractivity contribution in [1.82, 2.24) is 20.2 Å². The molecule has 3 N–H and O–H groups in total. The Hall–Kier alpha value is -1.38. The molecule has 2 aliphatic heterocycles. The maximum atomic E-state index is 12.0. The second-order valence-electron chi connectivity index (χ2n) is 5.10. The first-order valence-electron chi connectivity index (χ1n) is 6.39. The molecule has 8 heteroatoms. The summed E-state index contributed by atoms with van der Waals surface area (Å²) in [6.07, 6.45) is -0.676. The number of aliphatic hydroxyl groups is 1. The molecule has 0 aliphatic carbocycles. The number of carboxylic acid groups (broad SMARTS) is 1. The molecule has 0 radical (unpaired) electrons. The predicted octanol–water partition coefficient (Wildman–Crippen LogP) is -1.62. The van der Waals surface area contributed by atoms with Crippen LogP contribution in [0.2, 0.25) is 0 Å². The first-order valence-corrected chi connectivity index (χ1v) is 6.39. The van der Waals surface area contributed by atoms with E-state index in [9.17, 15) is 14.7 Å². The molecule has 0 saturated carbocycles. The maximum Gasteiger partial charge on any atom is 0.332 e. The van der Waals surface area contributed by atoms with Gasteiger partial charge in [-0.25, -0.2) is 14.6 Å². The Morgan fingerprint density at radius 1 is 1.21 bits per heavy atom. The molecule has 0 aromatic rings. The van der Waals surface area contributed by atoms with E-state index in [1.807, 2.05) is 7.05 Å². The van der Waals surface area contributed by atoms with E-state index in [1.54, 1.807) is 5.01 Å². The minimum atomic E-state index is -1.08. The van der Waals surface area contributed by atoms with Crippen molar-refractivity contribution < 1.29 is 19.8 Å². The largest absolute Gasteiger partial charge is 0.480 e. The lowest BCUT2D eigenvalue weighted by atomic mass is 10.2. The van der Waals surface area contributed by atoms with Crippen molar-refractivity contribution in [1.29, 1.82) is 0 Å². The van der Waals surface area contributed by atoms with E-state index in [-0.39, 0.29) is 13.0 Å². The van der Waals surface area contributed by atoms with Crippen LogP contribution in [0.3, 0.4) is 0 Å². The number of nitrogens with one attached hydrogen (secondary N) is 1. The van der Waals surface area contributed by atoms with Crippen LogP contribution in [-0.4, -0.2) is 88.9 Å². The number of carboxylic acids is 1. The van der Waals surface area contributed by atoms with Gasteiger partial charge in [0.2, 0.25) is 0 Å². The van der Waals surface area contributed by atoms with Crippen LogP contribution in [-0.2, 0) is 4.79 Å². The van der Waals surface area contributed by atoms with E-state index in [0.29, 0.717) is 13.1 Å². The highest BCUT2D eigenvalue weighted by atomic mass is 16.4. The van der Waals surface area contributed by atoms with Crippen LogP contribution >= 0.6 is 0 Å². The molecule has 2 heterocycles. The van der Waals surface area contributed by atoms with Gasteiger partial charge in [-0.3, -0.25) is 5.43 Å². The SMILES string of the molecule is CN1CCN(NC(=O)N2C[C@@H](O)C[C@H]2C(=O)O)CC1. The van der Waals surface area contributed by atoms with Gasteiger partial charge in [0.05, 0.1) is 6.10 Å². The van der Waals surface area contributed by atoms with Crippen molar-refractivity contribution in [3.05, 3.63) is 0 Å². The van der Waals surface area contributed by atoms with Crippen LogP contribution < -0.4 is 5.43 Å². The average Bonchev–Trinajstić information content (AvgIpc) is 2.74. The minimum absolute atomic E-state index is 0.0660. The lowest BCUT2D eigenvalue weighted by Crippen LogP contribution is -2.57. The monoisotopic (exact) mass is 272 g/mol. The Morgan fingerprint density at radius 3 is 2.42 bits per heavy atom. The Bertz CT molecular complexity index is 357. The van der Waals surface area contributed by atoms with Crippen LogP contribution in [0, 0.1) is 0 Å². The molecule has 8 nitrogen and oxygen atoms in total.